The van der Waals surface area contributed by atoms with E-state index >= 15 is 0 Å². The molecule has 14 heteroatoms. The maximum Gasteiger partial charge on any atom is 0.241 e. The van der Waals surface area contributed by atoms with Crippen molar-refractivity contribution in [3.63, 3.8) is 0 Å². The topological polar surface area (TPSA) is 200 Å². The van der Waals surface area contributed by atoms with Crippen molar-refractivity contribution in [2.75, 3.05) is 13.1 Å². The predicted octanol–water partition coefficient (Wildman–Crippen LogP) is -0.0337. The Hall–Kier alpha value is -3.30. The highest BCUT2D eigenvalue weighted by Gasteiger charge is 2.32. The SMILES string of the molecule is NCCNS(=O)(=O)c1ccc(-c2cccc3ncccc23)c(-c2nn[nH]n2)c1S(N)(=O)=O. The number of primary sulfonamides is 1. The quantitative estimate of drug-likeness (QED) is 0.284. The summed E-state index contributed by atoms with van der Waals surface area (Å²) in [5.41, 5.74) is 6.86. The molecule has 0 fully saturated rings. The summed E-state index contributed by atoms with van der Waals surface area (Å²) in [5.74, 6) is -0.138. The maximum absolute atomic E-state index is 12.9. The molecule has 0 saturated heterocycles. The van der Waals surface area contributed by atoms with Gasteiger partial charge in [0.15, 0.2) is 0 Å². The van der Waals surface area contributed by atoms with Gasteiger partial charge in [0.1, 0.15) is 9.79 Å². The second-order valence-corrected chi connectivity index (χ2v) is 9.89. The first-order chi connectivity index (χ1) is 15.2. The van der Waals surface area contributed by atoms with E-state index in [0.717, 1.165) is 0 Å². The molecule has 0 bridgehead atoms. The molecule has 166 valence electrons. The van der Waals surface area contributed by atoms with Crippen LogP contribution in [0.3, 0.4) is 0 Å². The lowest BCUT2D eigenvalue weighted by Gasteiger charge is -2.17. The van der Waals surface area contributed by atoms with Crippen LogP contribution in [0.15, 0.2) is 58.5 Å². The van der Waals surface area contributed by atoms with Crippen molar-refractivity contribution in [1.82, 2.24) is 30.3 Å². The van der Waals surface area contributed by atoms with Gasteiger partial charge in [-0.3, -0.25) is 4.98 Å². The number of benzene rings is 2. The highest BCUT2D eigenvalue weighted by molar-refractivity contribution is 7.92. The van der Waals surface area contributed by atoms with Crippen molar-refractivity contribution in [1.29, 1.82) is 0 Å². The highest BCUT2D eigenvalue weighted by atomic mass is 32.2. The average Bonchev–Trinajstić information content (AvgIpc) is 3.30. The van der Waals surface area contributed by atoms with Gasteiger partial charge in [0, 0.05) is 24.7 Å². The van der Waals surface area contributed by atoms with Gasteiger partial charge in [0.05, 0.1) is 11.1 Å². The van der Waals surface area contributed by atoms with Crippen LogP contribution in [-0.2, 0) is 20.0 Å². The number of nitrogens with zero attached hydrogens (tertiary/aromatic N) is 4. The summed E-state index contributed by atoms with van der Waals surface area (Å²) in [6.07, 6.45) is 1.63. The number of fused-ring (bicyclic) bond motifs is 1. The Kier molecular flexibility index (Phi) is 5.70. The highest BCUT2D eigenvalue weighted by Crippen LogP contribution is 2.40. The fourth-order valence-corrected chi connectivity index (χ4v) is 6.03. The lowest BCUT2D eigenvalue weighted by Crippen LogP contribution is -2.31. The summed E-state index contributed by atoms with van der Waals surface area (Å²) in [5, 5.41) is 19.7. The van der Waals surface area contributed by atoms with Crippen molar-refractivity contribution < 1.29 is 16.8 Å². The van der Waals surface area contributed by atoms with E-state index in [4.69, 9.17) is 10.9 Å². The molecule has 0 unspecified atom stereocenters. The second kappa shape index (κ2) is 8.33. The number of pyridine rings is 1. The molecular formula is C18H18N8O4S2. The van der Waals surface area contributed by atoms with Crippen LogP contribution in [0.2, 0.25) is 0 Å². The number of hydrogen-bond donors (Lipinski definition) is 4. The minimum Gasteiger partial charge on any atom is -0.329 e. The number of rotatable bonds is 7. The van der Waals surface area contributed by atoms with Crippen molar-refractivity contribution in [2.24, 2.45) is 10.9 Å². The van der Waals surface area contributed by atoms with Crippen LogP contribution in [0.5, 0.6) is 0 Å². The van der Waals surface area contributed by atoms with E-state index in [1.54, 1.807) is 30.5 Å². The van der Waals surface area contributed by atoms with E-state index in [9.17, 15) is 16.8 Å². The van der Waals surface area contributed by atoms with E-state index in [1.165, 1.54) is 12.1 Å². The third kappa shape index (κ3) is 3.96. The maximum atomic E-state index is 12.9. The van der Waals surface area contributed by atoms with Crippen LogP contribution >= 0.6 is 0 Å². The summed E-state index contributed by atoms with van der Waals surface area (Å²) < 4.78 is 53.4. The van der Waals surface area contributed by atoms with Gasteiger partial charge in [-0.1, -0.05) is 24.3 Å². The summed E-state index contributed by atoms with van der Waals surface area (Å²) in [6, 6.07) is 11.5. The fraction of sp³-hybridized carbons (Fsp3) is 0.111. The Morgan fingerprint density at radius 1 is 1.00 bits per heavy atom. The van der Waals surface area contributed by atoms with E-state index in [0.29, 0.717) is 22.0 Å². The van der Waals surface area contributed by atoms with Gasteiger partial charge in [-0.2, -0.15) is 5.21 Å². The fourth-order valence-electron chi connectivity index (χ4n) is 3.38. The molecule has 2 heterocycles. The Morgan fingerprint density at radius 2 is 1.81 bits per heavy atom. The minimum absolute atomic E-state index is 0.0166. The van der Waals surface area contributed by atoms with E-state index in [2.05, 4.69) is 30.3 Å². The van der Waals surface area contributed by atoms with Gasteiger partial charge in [-0.25, -0.2) is 26.7 Å². The standard InChI is InChI=1S/C18H18N8O4S2/c19-8-10-22-32(29,30)15-7-6-13(11-3-1-5-14-12(11)4-2-9-21-14)16(17(15)31(20,27)28)18-23-25-26-24-18/h1-7,9,22H,8,10,19H2,(H2,20,27,28)(H,23,24,25,26). The molecule has 0 atom stereocenters. The van der Waals surface area contributed by atoms with Crippen LogP contribution in [0.25, 0.3) is 33.4 Å². The summed E-state index contributed by atoms with van der Waals surface area (Å²) in [6.45, 7) is -0.0800. The number of tetrazole rings is 1. The Bertz CT molecular complexity index is 1500. The third-order valence-corrected chi connectivity index (χ3v) is 7.26. The molecule has 0 spiro atoms. The minimum atomic E-state index is -4.57. The normalized spacial score (nSPS) is 12.3. The lowest BCUT2D eigenvalue weighted by molar-refractivity contribution is 0.574. The van der Waals surface area contributed by atoms with Crippen molar-refractivity contribution in [3.8, 4) is 22.5 Å². The number of nitrogens with one attached hydrogen (secondary N) is 2. The van der Waals surface area contributed by atoms with Crippen LogP contribution < -0.4 is 15.6 Å². The molecule has 0 aliphatic heterocycles. The summed E-state index contributed by atoms with van der Waals surface area (Å²) in [7, 11) is -8.85. The lowest BCUT2D eigenvalue weighted by atomic mass is 9.95. The monoisotopic (exact) mass is 474 g/mol. The second-order valence-electron chi connectivity index (χ2n) is 6.66. The Morgan fingerprint density at radius 3 is 2.50 bits per heavy atom. The smallest absolute Gasteiger partial charge is 0.241 e. The zero-order valence-electron chi connectivity index (χ0n) is 16.4. The molecule has 0 aliphatic rings. The van der Waals surface area contributed by atoms with Crippen LogP contribution in [-0.4, -0.2) is 55.5 Å². The predicted molar refractivity (Wildman–Crippen MR) is 116 cm³/mol. The zero-order valence-corrected chi connectivity index (χ0v) is 18.1. The number of H-pyrrole nitrogens is 1. The molecule has 2 aromatic heterocycles. The van der Waals surface area contributed by atoms with E-state index in [-0.39, 0.29) is 24.5 Å². The average molecular weight is 475 g/mol. The number of aromatic nitrogens is 5. The van der Waals surface area contributed by atoms with Crippen molar-refractivity contribution in [2.45, 2.75) is 9.79 Å². The molecule has 0 saturated carbocycles. The Balaban J connectivity index is 2.14. The van der Waals surface area contributed by atoms with E-state index < -0.39 is 29.8 Å². The van der Waals surface area contributed by atoms with Gasteiger partial charge in [0.2, 0.25) is 25.9 Å². The van der Waals surface area contributed by atoms with Gasteiger partial charge in [0.25, 0.3) is 0 Å². The third-order valence-electron chi connectivity index (χ3n) is 4.64. The molecule has 4 aromatic rings. The number of nitrogens with two attached hydrogens (primary N) is 2. The van der Waals surface area contributed by atoms with Gasteiger partial charge >= 0.3 is 0 Å². The first-order valence-corrected chi connectivity index (χ1v) is 12.2. The molecule has 0 amide bonds. The molecule has 4 rings (SSSR count). The van der Waals surface area contributed by atoms with Crippen molar-refractivity contribution >= 4 is 30.9 Å². The molecule has 12 nitrogen and oxygen atoms in total. The summed E-state index contributed by atoms with van der Waals surface area (Å²) >= 11 is 0. The van der Waals surface area contributed by atoms with Crippen LogP contribution in [0, 0.1) is 0 Å². The molecule has 32 heavy (non-hydrogen) atoms. The summed E-state index contributed by atoms with van der Waals surface area (Å²) in [4.78, 5) is 3.11. The first-order valence-electron chi connectivity index (χ1n) is 9.21. The van der Waals surface area contributed by atoms with Gasteiger partial charge < -0.3 is 5.73 Å². The molecular weight excluding hydrogens is 456 g/mol. The molecule has 2 aromatic carbocycles. The van der Waals surface area contributed by atoms with Crippen LogP contribution in [0.1, 0.15) is 0 Å². The Labute approximate surface area is 183 Å². The number of sulfonamides is 2. The first kappa shape index (κ1) is 21.9. The van der Waals surface area contributed by atoms with Gasteiger partial charge in [-0.05, 0) is 34.5 Å². The van der Waals surface area contributed by atoms with Crippen LogP contribution in [0.4, 0.5) is 0 Å². The molecule has 0 radical (unpaired) electrons. The van der Waals surface area contributed by atoms with Crippen molar-refractivity contribution in [3.05, 3.63) is 48.7 Å². The molecule has 0 aliphatic carbocycles. The number of aromatic amines is 1. The molecule has 6 N–H and O–H groups in total. The number of hydrogen-bond acceptors (Lipinski definition) is 9. The van der Waals surface area contributed by atoms with E-state index in [1.807, 2.05) is 6.07 Å². The largest absolute Gasteiger partial charge is 0.329 e. The zero-order chi connectivity index (χ0) is 22.9. The van der Waals surface area contributed by atoms with Gasteiger partial charge in [-0.15, -0.1) is 10.2 Å².